The molecule has 0 aromatic heterocycles. The number of nitrogens with zero attached hydrogens (tertiary/aromatic N) is 1. The largest absolute Gasteiger partial charge is 0.294 e. The summed E-state index contributed by atoms with van der Waals surface area (Å²) in [5, 5.41) is 0. The predicted molar refractivity (Wildman–Crippen MR) is 89.2 cm³/mol. The molecule has 21 heavy (non-hydrogen) atoms. The zero-order chi connectivity index (χ0) is 14.9. The topological polar surface area (TPSA) is 3.24 Å². The summed E-state index contributed by atoms with van der Waals surface area (Å²) in [4.78, 5) is 2.59. The fourth-order valence-electron chi connectivity index (χ4n) is 3.38. The van der Waals surface area contributed by atoms with Crippen LogP contribution in [0.2, 0.25) is 0 Å². The molecule has 110 valence electrons. The second kappa shape index (κ2) is 5.65. The Kier molecular flexibility index (Phi) is 3.86. The predicted octanol–water partition coefficient (Wildman–Crippen LogP) is 4.83. The first-order valence-corrected chi connectivity index (χ1v) is 7.88. The van der Waals surface area contributed by atoms with Crippen molar-refractivity contribution in [2.75, 3.05) is 6.54 Å². The normalized spacial score (nSPS) is 19.3. The van der Waals surface area contributed by atoms with Crippen molar-refractivity contribution in [3.8, 4) is 0 Å². The minimum atomic E-state index is 0.297. The molecular weight excluding hydrogens is 254 g/mol. The van der Waals surface area contributed by atoms with Gasteiger partial charge >= 0.3 is 0 Å². The van der Waals surface area contributed by atoms with E-state index in [-0.39, 0.29) is 0 Å². The van der Waals surface area contributed by atoms with E-state index in [2.05, 4.69) is 80.3 Å². The van der Waals surface area contributed by atoms with Crippen LogP contribution in [0.1, 0.15) is 43.4 Å². The van der Waals surface area contributed by atoms with Crippen LogP contribution in [-0.4, -0.2) is 11.4 Å². The van der Waals surface area contributed by atoms with E-state index in [1.165, 1.54) is 11.1 Å². The van der Waals surface area contributed by atoms with Gasteiger partial charge in [-0.15, -0.1) is 0 Å². The smallest absolute Gasteiger partial charge is 0.0240 e. The molecule has 1 heteroatoms. The molecule has 3 rings (SSSR count). The second-order valence-corrected chi connectivity index (χ2v) is 7.27. The molecule has 1 nitrogen and oxygen atoms in total. The zero-order valence-corrected chi connectivity index (χ0v) is 13.3. The molecule has 1 aliphatic rings. The third-order valence-corrected chi connectivity index (χ3v) is 4.56. The first-order chi connectivity index (χ1) is 10.0. The van der Waals surface area contributed by atoms with Crippen LogP contribution >= 0.6 is 0 Å². The van der Waals surface area contributed by atoms with Gasteiger partial charge in [0, 0.05) is 25.6 Å². The van der Waals surface area contributed by atoms with Gasteiger partial charge in [0.2, 0.25) is 0 Å². The molecule has 0 N–H and O–H groups in total. The van der Waals surface area contributed by atoms with Crippen LogP contribution in [0.15, 0.2) is 54.6 Å². The van der Waals surface area contributed by atoms with Crippen molar-refractivity contribution in [1.82, 2.24) is 4.90 Å². The van der Waals surface area contributed by atoms with Gasteiger partial charge in [-0.2, -0.15) is 0 Å². The maximum Gasteiger partial charge on any atom is 0.0240 e. The van der Waals surface area contributed by atoms with Crippen molar-refractivity contribution in [3.63, 3.8) is 0 Å². The second-order valence-electron chi connectivity index (χ2n) is 7.27. The lowest BCUT2D eigenvalue weighted by molar-refractivity contribution is 0.165. The maximum absolute atomic E-state index is 2.59. The summed E-state index contributed by atoms with van der Waals surface area (Å²) >= 11 is 0. The van der Waals surface area contributed by atoms with E-state index >= 15 is 0 Å². The molecule has 2 aromatic rings. The molecule has 1 aliphatic heterocycles. The van der Waals surface area contributed by atoms with E-state index < -0.39 is 0 Å². The number of hydrogen-bond acceptors (Lipinski definition) is 1. The van der Waals surface area contributed by atoms with Crippen molar-refractivity contribution < 1.29 is 0 Å². The monoisotopic (exact) mass is 279 g/mol. The molecule has 1 heterocycles. The van der Waals surface area contributed by atoms with Gasteiger partial charge in [-0.3, -0.25) is 4.90 Å². The SMILES string of the molecule is CC(C)(C)C1CN(Cc2ccccc2)Cc2ccccc21. The van der Waals surface area contributed by atoms with Gasteiger partial charge in [-0.25, -0.2) is 0 Å². The van der Waals surface area contributed by atoms with Crippen molar-refractivity contribution in [3.05, 3.63) is 71.3 Å². The van der Waals surface area contributed by atoms with E-state index in [9.17, 15) is 0 Å². The molecule has 0 fully saturated rings. The lowest BCUT2D eigenvalue weighted by atomic mass is 9.73. The van der Waals surface area contributed by atoms with Gasteiger partial charge in [0.05, 0.1) is 0 Å². The van der Waals surface area contributed by atoms with Crippen LogP contribution < -0.4 is 0 Å². The summed E-state index contributed by atoms with van der Waals surface area (Å²) in [7, 11) is 0. The number of rotatable bonds is 2. The molecule has 0 radical (unpaired) electrons. The Morgan fingerprint density at radius 1 is 0.952 bits per heavy atom. The molecule has 0 spiro atoms. The molecule has 0 aliphatic carbocycles. The number of benzene rings is 2. The molecule has 1 unspecified atom stereocenters. The minimum absolute atomic E-state index is 0.297. The van der Waals surface area contributed by atoms with Crippen molar-refractivity contribution in [1.29, 1.82) is 0 Å². The fraction of sp³-hybridized carbons (Fsp3) is 0.400. The lowest BCUT2D eigenvalue weighted by Gasteiger charge is -2.41. The van der Waals surface area contributed by atoms with Crippen LogP contribution in [0.3, 0.4) is 0 Å². The Morgan fingerprint density at radius 2 is 1.62 bits per heavy atom. The van der Waals surface area contributed by atoms with Gasteiger partial charge in [-0.1, -0.05) is 75.4 Å². The highest BCUT2D eigenvalue weighted by Gasteiger charge is 2.33. The average molecular weight is 279 g/mol. The highest BCUT2D eigenvalue weighted by Crippen LogP contribution is 2.40. The highest BCUT2D eigenvalue weighted by atomic mass is 15.1. The quantitative estimate of drug-likeness (QED) is 0.761. The summed E-state index contributed by atoms with van der Waals surface area (Å²) in [5.41, 5.74) is 4.75. The van der Waals surface area contributed by atoms with Crippen molar-refractivity contribution in [2.45, 2.75) is 39.8 Å². The highest BCUT2D eigenvalue weighted by molar-refractivity contribution is 5.34. The minimum Gasteiger partial charge on any atom is -0.294 e. The van der Waals surface area contributed by atoms with Crippen molar-refractivity contribution in [2.24, 2.45) is 5.41 Å². The summed E-state index contributed by atoms with van der Waals surface area (Å²) in [6.07, 6.45) is 0. The lowest BCUT2D eigenvalue weighted by Crippen LogP contribution is -2.38. The van der Waals surface area contributed by atoms with Crippen LogP contribution in [0.25, 0.3) is 0 Å². The Morgan fingerprint density at radius 3 is 2.33 bits per heavy atom. The molecule has 2 aromatic carbocycles. The van der Waals surface area contributed by atoms with E-state index in [4.69, 9.17) is 0 Å². The van der Waals surface area contributed by atoms with Crippen molar-refractivity contribution >= 4 is 0 Å². The summed E-state index contributed by atoms with van der Waals surface area (Å²) in [6, 6.07) is 19.8. The van der Waals surface area contributed by atoms with E-state index in [0.29, 0.717) is 11.3 Å². The summed E-state index contributed by atoms with van der Waals surface area (Å²) in [6.45, 7) is 10.3. The Balaban J connectivity index is 1.87. The molecular formula is C20H25N. The van der Waals surface area contributed by atoms with Gasteiger partial charge in [0.1, 0.15) is 0 Å². The number of fused-ring (bicyclic) bond motifs is 1. The zero-order valence-electron chi connectivity index (χ0n) is 13.3. The standard InChI is InChI=1S/C20H25N/c1-20(2,3)19-15-21(13-16-9-5-4-6-10-16)14-17-11-7-8-12-18(17)19/h4-12,19H,13-15H2,1-3H3. The molecule has 0 bridgehead atoms. The Bertz CT molecular complexity index is 595. The van der Waals surface area contributed by atoms with Gasteiger partial charge < -0.3 is 0 Å². The van der Waals surface area contributed by atoms with E-state index in [0.717, 1.165) is 19.6 Å². The van der Waals surface area contributed by atoms with Crippen LogP contribution in [0.5, 0.6) is 0 Å². The Labute approximate surface area is 128 Å². The molecule has 0 amide bonds. The first kappa shape index (κ1) is 14.3. The van der Waals surface area contributed by atoms with Crippen LogP contribution in [0.4, 0.5) is 0 Å². The van der Waals surface area contributed by atoms with Gasteiger partial charge in [-0.05, 0) is 22.1 Å². The maximum atomic E-state index is 2.59. The third kappa shape index (κ3) is 3.19. The van der Waals surface area contributed by atoms with Crippen LogP contribution in [0, 0.1) is 5.41 Å². The molecule has 1 atom stereocenters. The van der Waals surface area contributed by atoms with Gasteiger partial charge in [0.15, 0.2) is 0 Å². The molecule has 0 saturated carbocycles. The molecule has 0 saturated heterocycles. The van der Waals surface area contributed by atoms with E-state index in [1.807, 2.05) is 0 Å². The summed E-state index contributed by atoms with van der Waals surface area (Å²) in [5.74, 6) is 0.603. The third-order valence-electron chi connectivity index (χ3n) is 4.56. The fourth-order valence-corrected chi connectivity index (χ4v) is 3.38. The Hall–Kier alpha value is -1.60. The summed E-state index contributed by atoms with van der Waals surface area (Å²) < 4.78 is 0. The first-order valence-electron chi connectivity index (χ1n) is 7.88. The number of hydrogen-bond donors (Lipinski definition) is 0. The van der Waals surface area contributed by atoms with Gasteiger partial charge in [0.25, 0.3) is 0 Å². The average Bonchev–Trinajstić information content (AvgIpc) is 2.46. The van der Waals surface area contributed by atoms with Crippen LogP contribution in [-0.2, 0) is 13.1 Å². The van der Waals surface area contributed by atoms with E-state index in [1.54, 1.807) is 5.56 Å².